The summed E-state index contributed by atoms with van der Waals surface area (Å²) in [5, 5.41) is 3.07. The molecule has 0 unspecified atom stereocenters. The van der Waals surface area contributed by atoms with Crippen molar-refractivity contribution < 1.29 is 17.6 Å². The number of nitrogens with zero attached hydrogens (tertiary/aromatic N) is 1. The molecule has 162 valence electrons. The van der Waals surface area contributed by atoms with Gasteiger partial charge in [0, 0.05) is 34.5 Å². The molecule has 0 aromatic heterocycles. The molecule has 0 spiro atoms. The lowest BCUT2D eigenvalue weighted by atomic mass is 9.97. The van der Waals surface area contributed by atoms with Crippen LogP contribution in [0, 0.1) is 11.7 Å². The van der Waals surface area contributed by atoms with Crippen molar-refractivity contribution in [3.8, 4) is 0 Å². The lowest BCUT2D eigenvalue weighted by Gasteiger charge is -2.30. The Hall–Kier alpha value is -1.61. The van der Waals surface area contributed by atoms with Crippen LogP contribution in [0.3, 0.4) is 0 Å². The number of benzene rings is 2. The maximum absolute atomic E-state index is 14.0. The Morgan fingerprint density at radius 3 is 2.57 bits per heavy atom. The Labute approximate surface area is 186 Å². The summed E-state index contributed by atoms with van der Waals surface area (Å²) in [6, 6.07) is 11.7. The summed E-state index contributed by atoms with van der Waals surface area (Å²) in [7, 11) is -3.73. The van der Waals surface area contributed by atoms with Crippen LogP contribution < -0.4 is 5.32 Å². The zero-order valence-corrected chi connectivity index (χ0v) is 19.0. The Bertz CT molecular complexity index is 989. The molecule has 3 rings (SSSR count). The van der Waals surface area contributed by atoms with Gasteiger partial charge in [0.15, 0.2) is 0 Å². The number of hydrogen-bond acceptors (Lipinski definition) is 4. The normalized spacial score (nSPS) is 15.8. The summed E-state index contributed by atoms with van der Waals surface area (Å²) in [6.45, 7) is 2.49. The van der Waals surface area contributed by atoms with Crippen LogP contribution in [0.2, 0.25) is 5.02 Å². The van der Waals surface area contributed by atoms with Crippen molar-refractivity contribution in [2.24, 2.45) is 5.92 Å². The smallest absolute Gasteiger partial charge is 0.227 e. The van der Waals surface area contributed by atoms with Gasteiger partial charge < -0.3 is 5.32 Å². The van der Waals surface area contributed by atoms with E-state index >= 15 is 0 Å². The van der Waals surface area contributed by atoms with E-state index in [9.17, 15) is 17.6 Å². The Kier molecular flexibility index (Phi) is 7.79. The molecule has 2 aromatic carbocycles. The van der Waals surface area contributed by atoms with E-state index in [-0.39, 0.29) is 35.5 Å². The molecule has 0 saturated carbocycles. The van der Waals surface area contributed by atoms with Gasteiger partial charge in [0.1, 0.15) is 5.82 Å². The lowest BCUT2D eigenvalue weighted by molar-refractivity contribution is -0.120. The number of anilines is 1. The molecule has 9 heteroatoms. The summed E-state index contributed by atoms with van der Waals surface area (Å²) in [5.74, 6) is -0.600. The lowest BCUT2D eigenvalue weighted by Crippen LogP contribution is -2.42. The van der Waals surface area contributed by atoms with Crippen molar-refractivity contribution in [2.75, 3.05) is 24.2 Å². The predicted molar refractivity (Wildman–Crippen MR) is 120 cm³/mol. The number of nitrogens with one attached hydrogen (secondary N) is 1. The number of piperidine rings is 1. The first-order valence-corrected chi connectivity index (χ1v) is 12.7. The van der Waals surface area contributed by atoms with Crippen molar-refractivity contribution in [2.45, 2.75) is 30.4 Å². The van der Waals surface area contributed by atoms with Crippen molar-refractivity contribution in [3.63, 3.8) is 0 Å². The van der Waals surface area contributed by atoms with E-state index in [1.165, 1.54) is 22.5 Å². The summed E-state index contributed by atoms with van der Waals surface area (Å²) in [6.07, 6.45) is 0.832. The number of carbonyl (C=O) groups is 1. The first-order chi connectivity index (χ1) is 14.3. The van der Waals surface area contributed by atoms with Crippen LogP contribution in [0.25, 0.3) is 0 Å². The molecule has 0 atom stereocenters. The fraction of sp³-hybridized carbons (Fsp3) is 0.381. The van der Waals surface area contributed by atoms with Crippen molar-refractivity contribution in [3.05, 3.63) is 58.9 Å². The molecular weight excluding hydrogens is 447 g/mol. The van der Waals surface area contributed by atoms with Gasteiger partial charge in [-0.15, -0.1) is 11.8 Å². The summed E-state index contributed by atoms with van der Waals surface area (Å²) >= 11 is 7.63. The largest absolute Gasteiger partial charge is 0.325 e. The van der Waals surface area contributed by atoms with Crippen LogP contribution in [0.4, 0.5) is 10.1 Å². The number of halogens is 2. The third kappa shape index (κ3) is 5.55. The molecule has 0 radical (unpaired) electrons. The van der Waals surface area contributed by atoms with Crippen LogP contribution in [0.5, 0.6) is 0 Å². The number of sulfonamides is 1. The van der Waals surface area contributed by atoms with E-state index < -0.39 is 21.6 Å². The third-order valence-electron chi connectivity index (χ3n) is 5.05. The third-order valence-corrected chi connectivity index (χ3v) is 8.17. The molecule has 1 heterocycles. The maximum atomic E-state index is 14.0. The molecule has 5 nitrogen and oxygen atoms in total. The fourth-order valence-electron chi connectivity index (χ4n) is 3.43. The monoisotopic (exact) mass is 470 g/mol. The Morgan fingerprint density at radius 1 is 1.20 bits per heavy atom. The molecular formula is C21H24ClFN2O3S2. The Morgan fingerprint density at radius 2 is 1.90 bits per heavy atom. The average Bonchev–Trinajstić information content (AvgIpc) is 2.72. The van der Waals surface area contributed by atoms with Gasteiger partial charge in [-0.25, -0.2) is 17.1 Å². The molecule has 1 fully saturated rings. The predicted octanol–water partition coefficient (Wildman–Crippen LogP) is 4.77. The van der Waals surface area contributed by atoms with E-state index in [1.54, 1.807) is 11.8 Å². The van der Waals surface area contributed by atoms with Crippen LogP contribution >= 0.6 is 23.4 Å². The number of hydrogen-bond donors (Lipinski definition) is 1. The van der Waals surface area contributed by atoms with Crippen LogP contribution in [0.1, 0.15) is 25.3 Å². The number of thioether (sulfide) groups is 1. The minimum atomic E-state index is -3.73. The van der Waals surface area contributed by atoms with Gasteiger partial charge in [-0.2, -0.15) is 0 Å². The first kappa shape index (κ1) is 23.1. The molecule has 1 N–H and O–H groups in total. The topological polar surface area (TPSA) is 66.5 Å². The molecule has 1 aliphatic heterocycles. The molecule has 0 aliphatic carbocycles. The Balaban J connectivity index is 1.61. The number of para-hydroxylation sites is 1. The first-order valence-electron chi connectivity index (χ1n) is 9.75. The molecule has 1 saturated heterocycles. The highest BCUT2D eigenvalue weighted by atomic mass is 35.5. The van der Waals surface area contributed by atoms with E-state index in [0.29, 0.717) is 12.8 Å². The second-order valence-corrected chi connectivity index (χ2v) is 10.7. The summed E-state index contributed by atoms with van der Waals surface area (Å²) in [5.41, 5.74) is 0.752. The quantitative estimate of drug-likeness (QED) is 0.592. The summed E-state index contributed by atoms with van der Waals surface area (Å²) < 4.78 is 40.8. The zero-order chi connectivity index (χ0) is 21.7. The van der Waals surface area contributed by atoms with E-state index in [2.05, 4.69) is 5.32 Å². The standard InChI is InChI=1S/C21H24ClFN2O3S2/c1-2-29-20-9-4-3-8-19(20)24-21(26)15-10-12-25(13-11-15)30(27,28)14-16-17(22)6-5-7-18(16)23/h3-9,15H,2,10-14H2,1H3,(H,24,26). The number of rotatable bonds is 7. The zero-order valence-electron chi connectivity index (χ0n) is 16.6. The van der Waals surface area contributed by atoms with Crippen LogP contribution in [0.15, 0.2) is 47.4 Å². The molecule has 1 amide bonds. The van der Waals surface area contributed by atoms with Crippen LogP contribution in [-0.2, 0) is 20.6 Å². The van der Waals surface area contributed by atoms with E-state index in [1.807, 2.05) is 31.2 Å². The van der Waals surface area contributed by atoms with E-state index in [0.717, 1.165) is 16.3 Å². The number of amides is 1. The minimum absolute atomic E-state index is 0.0240. The molecule has 0 bridgehead atoms. The summed E-state index contributed by atoms with van der Waals surface area (Å²) in [4.78, 5) is 13.7. The second kappa shape index (κ2) is 10.1. The van der Waals surface area contributed by atoms with Gasteiger partial charge >= 0.3 is 0 Å². The highest BCUT2D eigenvalue weighted by molar-refractivity contribution is 7.99. The van der Waals surface area contributed by atoms with Crippen molar-refractivity contribution in [1.82, 2.24) is 4.31 Å². The fourth-order valence-corrected chi connectivity index (χ4v) is 6.10. The van der Waals surface area contributed by atoms with Crippen LogP contribution in [-0.4, -0.2) is 37.5 Å². The van der Waals surface area contributed by atoms with Gasteiger partial charge in [0.05, 0.1) is 11.4 Å². The maximum Gasteiger partial charge on any atom is 0.227 e. The molecule has 1 aliphatic rings. The molecule has 2 aromatic rings. The highest BCUT2D eigenvalue weighted by Crippen LogP contribution is 2.29. The highest BCUT2D eigenvalue weighted by Gasteiger charge is 2.32. The van der Waals surface area contributed by atoms with Gasteiger partial charge in [0.25, 0.3) is 0 Å². The number of carbonyl (C=O) groups excluding carboxylic acids is 1. The van der Waals surface area contributed by atoms with Crippen molar-refractivity contribution in [1.29, 1.82) is 0 Å². The van der Waals surface area contributed by atoms with Gasteiger partial charge in [0.2, 0.25) is 15.9 Å². The minimum Gasteiger partial charge on any atom is -0.325 e. The average molecular weight is 471 g/mol. The van der Waals surface area contributed by atoms with E-state index in [4.69, 9.17) is 11.6 Å². The SMILES string of the molecule is CCSc1ccccc1NC(=O)C1CCN(S(=O)(=O)Cc2c(F)cccc2Cl)CC1. The van der Waals surface area contributed by atoms with Crippen molar-refractivity contribution >= 4 is 45.0 Å². The molecule has 30 heavy (non-hydrogen) atoms. The van der Waals surface area contributed by atoms with Gasteiger partial charge in [-0.3, -0.25) is 4.79 Å². The second-order valence-electron chi connectivity index (χ2n) is 7.05. The van der Waals surface area contributed by atoms with Gasteiger partial charge in [-0.05, 0) is 42.9 Å². The van der Waals surface area contributed by atoms with Gasteiger partial charge in [-0.1, -0.05) is 36.7 Å².